The van der Waals surface area contributed by atoms with E-state index in [0.29, 0.717) is 11.5 Å². The zero-order valence-corrected chi connectivity index (χ0v) is 10.0. The first-order valence-electron chi connectivity index (χ1n) is 5.33. The number of nitrogens with zero attached hydrogens (tertiary/aromatic N) is 2. The van der Waals surface area contributed by atoms with Crippen molar-refractivity contribution in [2.24, 2.45) is 0 Å². The molecule has 0 bridgehead atoms. The van der Waals surface area contributed by atoms with E-state index < -0.39 is 5.97 Å². The van der Waals surface area contributed by atoms with Crippen LogP contribution in [-0.4, -0.2) is 28.2 Å². The van der Waals surface area contributed by atoms with Crippen LogP contribution in [0.4, 0.5) is 0 Å². The third-order valence-electron chi connectivity index (χ3n) is 2.42. The minimum Gasteiger partial charge on any atom is -0.497 e. The first-order chi connectivity index (χ1) is 8.60. The summed E-state index contributed by atoms with van der Waals surface area (Å²) < 4.78 is 5.06. The van der Waals surface area contributed by atoms with Crippen LogP contribution in [0.2, 0.25) is 0 Å². The number of hydrogen-bond acceptors (Lipinski definition) is 4. The van der Waals surface area contributed by atoms with Crippen molar-refractivity contribution < 1.29 is 14.6 Å². The second-order valence-electron chi connectivity index (χ2n) is 3.75. The molecule has 1 aromatic carbocycles. The standard InChI is InChI=1S/C13H12N2O3/c1-8-7-11(13(16)17)15-12(14-8)9-3-5-10(18-2)6-4-9/h3-7H,1-2H3,(H,16,17). The quantitative estimate of drug-likeness (QED) is 0.895. The molecule has 5 heteroatoms. The van der Waals surface area contributed by atoms with Gasteiger partial charge < -0.3 is 9.84 Å². The van der Waals surface area contributed by atoms with Gasteiger partial charge in [-0.2, -0.15) is 0 Å². The fourth-order valence-electron chi connectivity index (χ4n) is 1.55. The second-order valence-corrected chi connectivity index (χ2v) is 3.75. The molecule has 0 aliphatic heterocycles. The second kappa shape index (κ2) is 4.83. The summed E-state index contributed by atoms with van der Waals surface area (Å²) in [5.41, 5.74) is 1.36. The largest absolute Gasteiger partial charge is 0.497 e. The van der Waals surface area contributed by atoms with Gasteiger partial charge in [-0.15, -0.1) is 0 Å². The van der Waals surface area contributed by atoms with Crippen molar-refractivity contribution in [1.29, 1.82) is 0 Å². The van der Waals surface area contributed by atoms with Crippen LogP contribution in [0, 0.1) is 6.92 Å². The van der Waals surface area contributed by atoms with Crippen LogP contribution in [0.25, 0.3) is 11.4 Å². The van der Waals surface area contributed by atoms with E-state index in [-0.39, 0.29) is 5.69 Å². The molecule has 0 saturated carbocycles. The van der Waals surface area contributed by atoms with E-state index in [9.17, 15) is 4.79 Å². The highest BCUT2D eigenvalue weighted by Crippen LogP contribution is 2.19. The molecule has 0 amide bonds. The molecule has 92 valence electrons. The van der Waals surface area contributed by atoms with Gasteiger partial charge in [-0.3, -0.25) is 0 Å². The Morgan fingerprint density at radius 2 is 1.89 bits per heavy atom. The summed E-state index contributed by atoms with van der Waals surface area (Å²) in [6, 6.07) is 8.58. The van der Waals surface area contributed by atoms with Crippen molar-refractivity contribution in [3.8, 4) is 17.1 Å². The summed E-state index contributed by atoms with van der Waals surface area (Å²) in [5, 5.41) is 8.95. The maximum absolute atomic E-state index is 10.9. The van der Waals surface area contributed by atoms with Gasteiger partial charge in [0.15, 0.2) is 11.5 Å². The van der Waals surface area contributed by atoms with Gasteiger partial charge in [-0.25, -0.2) is 14.8 Å². The van der Waals surface area contributed by atoms with Gasteiger partial charge in [-0.05, 0) is 37.3 Å². The minimum atomic E-state index is -1.06. The highest BCUT2D eigenvalue weighted by molar-refractivity contribution is 5.86. The molecule has 0 aliphatic rings. The van der Waals surface area contributed by atoms with Gasteiger partial charge in [0.05, 0.1) is 7.11 Å². The SMILES string of the molecule is COc1ccc(-c2nc(C)cc(C(=O)O)n2)cc1. The maximum Gasteiger partial charge on any atom is 0.354 e. The molecule has 0 aliphatic carbocycles. The Bertz CT molecular complexity index is 579. The maximum atomic E-state index is 10.9. The Kier molecular flexibility index (Phi) is 3.23. The fraction of sp³-hybridized carbons (Fsp3) is 0.154. The molecule has 2 aromatic rings. The number of rotatable bonds is 3. The van der Waals surface area contributed by atoms with E-state index in [0.717, 1.165) is 11.3 Å². The number of aromatic carboxylic acids is 1. The minimum absolute atomic E-state index is 0.00619. The van der Waals surface area contributed by atoms with E-state index in [1.54, 1.807) is 38.3 Å². The van der Waals surface area contributed by atoms with Crippen LogP contribution in [0.1, 0.15) is 16.2 Å². The van der Waals surface area contributed by atoms with E-state index in [1.165, 1.54) is 6.07 Å². The number of carbonyl (C=O) groups is 1. The number of aromatic nitrogens is 2. The molecule has 0 atom stereocenters. The Labute approximate surface area is 104 Å². The third-order valence-corrected chi connectivity index (χ3v) is 2.42. The van der Waals surface area contributed by atoms with Gasteiger partial charge in [0.1, 0.15) is 5.75 Å². The molecule has 0 saturated heterocycles. The molecule has 1 N–H and O–H groups in total. The lowest BCUT2D eigenvalue weighted by molar-refractivity contribution is 0.0690. The Hall–Kier alpha value is -2.43. The summed E-state index contributed by atoms with van der Waals surface area (Å²) in [7, 11) is 1.58. The van der Waals surface area contributed by atoms with Crippen LogP contribution >= 0.6 is 0 Å². The normalized spacial score (nSPS) is 10.1. The van der Waals surface area contributed by atoms with Crippen LogP contribution in [0.3, 0.4) is 0 Å². The topological polar surface area (TPSA) is 72.3 Å². The Balaban J connectivity index is 2.46. The van der Waals surface area contributed by atoms with Gasteiger partial charge >= 0.3 is 5.97 Å². The monoisotopic (exact) mass is 244 g/mol. The van der Waals surface area contributed by atoms with Gasteiger partial charge in [0.25, 0.3) is 0 Å². The molecule has 0 spiro atoms. The highest BCUT2D eigenvalue weighted by atomic mass is 16.5. The van der Waals surface area contributed by atoms with Crippen LogP contribution in [0.5, 0.6) is 5.75 Å². The predicted molar refractivity (Wildman–Crippen MR) is 65.7 cm³/mol. The fourth-order valence-corrected chi connectivity index (χ4v) is 1.55. The Morgan fingerprint density at radius 1 is 1.22 bits per heavy atom. The molecule has 5 nitrogen and oxygen atoms in total. The van der Waals surface area contributed by atoms with Crippen LogP contribution < -0.4 is 4.74 Å². The molecule has 0 fully saturated rings. The average molecular weight is 244 g/mol. The molecule has 0 unspecified atom stereocenters. The first kappa shape index (κ1) is 12.0. The molecular weight excluding hydrogens is 232 g/mol. The predicted octanol–water partition coefficient (Wildman–Crippen LogP) is 2.16. The molecular formula is C13H12N2O3. The van der Waals surface area contributed by atoms with Gasteiger partial charge in [0, 0.05) is 11.3 Å². The summed E-state index contributed by atoms with van der Waals surface area (Å²) in [5.74, 6) is 0.0650. The van der Waals surface area contributed by atoms with Crippen molar-refractivity contribution in [2.45, 2.75) is 6.92 Å². The molecule has 18 heavy (non-hydrogen) atoms. The van der Waals surface area contributed by atoms with E-state index in [4.69, 9.17) is 9.84 Å². The third kappa shape index (κ3) is 2.45. The van der Waals surface area contributed by atoms with Crippen molar-refractivity contribution >= 4 is 5.97 Å². The molecule has 1 aromatic heterocycles. The summed E-state index contributed by atoms with van der Waals surface area (Å²) >= 11 is 0. The molecule has 2 rings (SSSR count). The number of ether oxygens (including phenoxy) is 1. The van der Waals surface area contributed by atoms with Crippen LogP contribution in [-0.2, 0) is 0 Å². The summed E-state index contributed by atoms with van der Waals surface area (Å²) in [6.45, 7) is 1.74. The van der Waals surface area contributed by atoms with E-state index in [1.807, 2.05) is 0 Å². The number of aryl methyl sites for hydroxylation is 1. The van der Waals surface area contributed by atoms with Gasteiger partial charge in [-0.1, -0.05) is 0 Å². The number of benzene rings is 1. The zero-order valence-electron chi connectivity index (χ0n) is 10.0. The number of carboxylic acids is 1. The van der Waals surface area contributed by atoms with Crippen molar-refractivity contribution in [1.82, 2.24) is 9.97 Å². The average Bonchev–Trinajstić information content (AvgIpc) is 2.38. The first-order valence-corrected chi connectivity index (χ1v) is 5.33. The van der Waals surface area contributed by atoms with E-state index in [2.05, 4.69) is 9.97 Å². The lowest BCUT2D eigenvalue weighted by Gasteiger charge is -2.04. The number of methoxy groups -OCH3 is 1. The number of hydrogen-bond donors (Lipinski definition) is 1. The molecule has 1 heterocycles. The lowest BCUT2D eigenvalue weighted by atomic mass is 10.2. The van der Waals surface area contributed by atoms with Crippen molar-refractivity contribution in [3.63, 3.8) is 0 Å². The van der Waals surface area contributed by atoms with E-state index >= 15 is 0 Å². The lowest BCUT2D eigenvalue weighted by Crippen LogP contribution is -2.04. The summed E-state index contributed by atoms with van der Waals surface area (Å²) in [4.78, 5) is 19.2. The van der Waals surface area contributed by atoms with Crippen LogP contribution in [0.15, 0.2) is 30.3 Å². The number of carboxylic acid groups (broad SMARTS) is 1. The van der Waals surface area contributed by atoms with Crippen molar-refractivity contribution in [2.75, 3.05) is 7.11 Å². The highest BCUT2D eigenvalue weighted by Gasteiger charge is 2.10. The Morgan fingerprint density at radius 3 is 2.44 bits per heavy atom. The summed E-state index contributed by atoms with van der Waals surface area (Å²) in [6.07, 6.45) is 0. The van der Waals surface area contributed by atoms with Crippen molar-refractivity contribution in [3.05, 3.63) is 41.7 Å². The zero-order chi connectivity index (χ0) is 13.1. The van der Waals surface area contributed by atoms with Gasteiger partial charge in [0.2, 0.25) is 0 Å². The molecule has 0 radical (unpaired) electrons. The smallest absolute Gasteiger partial charge is 0.354 e.